The van der Waals surface area contributed by atoms with Crippen LogP contribution in [-0.4, -0.2) is 10.1 Å². The molecule has 168 valence electrons. The van der Waals surface area contributed by atoms with Crippen LogP contribution in [0.25, 0.3) is 10.9 Å². The van der Waals surface area contributed by atoms with Crippen LogP contribution < -0.4 is 16.2 Å². The van der Waals surface area contributed by atoms with Gasteiger partial charge in [0.15, 0.2) is 5.11 Å². The Morgan fingerprint density at radius 2 is 1.58 bits per heavy atom. The number of hydrogen-bond donors (Lipinski definition) is 3. The van der Waals surface area contributed by atoms with E-state index in [0.717, 1.165) is 16.8 Å². The molecule has 4 rings (SSSR count). The Hall–Kier alpha value is -3.65. The number of anilines is 1. The average molecular weight is 468 g/mol. The number of benzene rings is 3. The Balaban J connectivity index is 1.44. The molecular weight excluding hydrogens is 447 g/mol. The number of nitrogens with one attached hydrogen (secondary N) is 3. The molecule has 0 aliphatic rings. The zero-order valence-electron chi connectivity index (χ0n) is 17.4. The smallest absolute Gasteiger partial charge is 0.358 e. The van der Waals surface area contributed by atoms with Crippen LogP contribution >= 0.6 is 12.2 Å². The summed E-state index contributed by atoms with van der Waals surface area (Å²) in [7, 11) is 0. The minimum absolute atomic E-state index is 0.0206. The van der Waals surface area contributed by atoms with E-state index in [2.05, 4.69) is 15.6 Å². The van der Waals surface area contributed by atoms with E-state index in [0.29, 0.717) is 29.7 Å². The molecule has 33 heavy (non-hydrogen) atoms. The lowest BCUT2D eigenvalue weighted by molar-refractivity contribution is -0.136. The van der Waals surface area contributed by atoms with Gasteiger partial charge in [0.25, 0.3) is 0 Å². The van der Waals surface area contributed by atoms with Crippen molar-refractivity contribution in [1.82, 2.24) is 10.3 Å². The predicted molar refractivity (Wildman–Crippen MR) is 128 cm³/mol. The van der Waals surface area contributed by atoms with Crippen molar-refractivity contribution in [1.29, 1.82) is 0 Å². The molecule has 0 saturated heterocycles. The molecule has 0 spiro atoms. The van der Waals surface area contributed by atoms with E-state index in [-0.39, 0.29) is 10.9 Å². The number of alkyl halides is 3. The highest BCUT2D eigenvalue weighted by Gasteiger charge is 2.33. The summed E-state index contributed by atoms with van der Waals surface area (Å²) in [6.45, 7) is 0.609. The van der Waals surface area contributed by atoms with Gasteiger partial charge in [-0.1, -0.05) is 48.5 Å². The quantitative estimate of drug-likeness (QED) is 0.333. The lowest BCUT2D eigenvalue weighted by atomic mass is 10.0. The summed E-state index contributed by atoms with van der Waals surface area (Å²) < 4.78 is 40.1. The van der Waals surface area contributed by atoms with E-state index < -0.39 is 17.3 Å². The third-order valence-electron chi connectivity index (χ3n) is 5.13. The third kappa shape index (κ3) is 5.78. The van der Waals surface area contributed by atoms with Crippen molar-refractivity contribution >= 4 is 33.9 Å². The molecule has 8 heteroatoms. The fourth-order valence-corrected chi connectivity index (χ4v) is 3.73. The SMILES string of the molecule is O=c1cc(C(F)(F)F)c2cc(Cc3ccc(NC(=S)NCc4ccccc4)cc3)ccc2[nH]1. The van der Waals surface area contributed by atoms with Gasteiger partial charge in [0.1, 0.15) is 0 Å². The van der Waals surface area contributed by atoms with E-state index in [9.17, 15) is 18.0 Å². The standard InChI is InChI=1S/C25H20F3N3OS/c26-25(27,28)21-14-23(32)31-22-11-8-18(13-20(21)22)12-16-6-9-19(10-7-16)30-24(33)29-15-17-4-2-1-3-5-17/h1-11,13-14H,12,15H2,(H,31,32)(H2,29,30,33). The van der Waals surface area contributed by atoms with Crippen LogP contribution in [0.3, 0.4) is 0 Å². The number of fused-ring (bicyclic) bond motifs is 1. The molecule has 1 aromatic heterocycles. The van der Waals surface area contributed by atoms with E-state index in [1.54, 1.807) is 6.07 Å². The van der Waals surface area contributed by atoms with Crippen molar-refractivity contribution in [3.63, 3.8) is 0 Å². The van der Waals surface area contributed by atoms with Crippen molar-refractivity contribution in [3.05, 3.63) is 111 Å². The molecule has 0 bridgehead atoms. The molecule has 0 saturated carbocycles. The van der Waals surface area contributed by atoms with Crippen LogP contribution in [-0.2, 0) is 19.1 Å². The summed E-state index contributed by atoms with van der Waals surface area (Å²) >= 11 is 5.33. The molecule has 3 N–H and O–H groups in total. The number of halogens is 3. The van der Waals surface area contributed by atoms with Gasteiger partial charge < -0.3 is 15.6 Å². The van der Waals surface area contributed by atoms with Gasteiger partial charge in [-0.2, -0.15) is 13.2 Å². The second kappa shape index (κ2) is 9.46. The zero-order chi connectivity index (χ0) is 23.4. The second-order valence-electron chi connectivity index (χ2n) is 7.59. The normalized spacial score (nSPS) is 11.4. The van der Waals surface area contributed by atoms with Gasteiger partial charge in [-0.05, 0) is 59.6 Å². The molecule has 3 aromatic carbocycles. The summed E-state index contributed by atoms with van der Waals surface area (Å²) in [5.41, 5.74) is 2.02. The highest BCUT2D eigenvalue weighted by molar-refractivity contribution is 7.80. The number of aromatic amines is 1. The first-order valence-electron chi connectivity index (χ1n) is 10.2. The summed E-state index contributed by atoms with van der Waals surface area (Å²) in [6, 6.07) is 22.7. The fourth-order valence-electron chi connectivity index (χ4n) is 3.54. The van der Waals surface area contributed by atoms with Crippen molar-refractivity contribution in [2.24, 2.45) is 0 Å². The van der Waals surface area contributed by atoms with Crippen LogP contribution in [0.5, 0.6) is 0 Å². The van der Waals surface area contributed by atoms with Crippen molar-refractivity contribution in [2.75, 3.05) is 5.32 Å². The molecular formula is C25H20F3N3OS. The van der Waals surface area contributed by atoms with Gasteiger partial charge in [0, 0.05) is 29.2 Å². The molecule has 0 fully saturated rings. The van der Waals surface area contributed by atoms with Crippen LogP contribution in [0, 0.1) is 0 Å². The maximum Gasteiger partial charge on any atom is 0.417 e. The zero-order valence-corrected chi connectivity index (χ0v) is 18.2. The number of aromatic nitrogens is 1. The van der Waals surface area contributed by atoms with Crippen molar-refractivity contribution in [3.8, 4) is 0 Å². The van der Waals surface area contributed by atoms with Crippen LogP contribution in [0.1, 0.15) is 22.3 Å². The Bertz CT molecular complexity index is 1330. The lowest BCUT2D eigenvalue weighted by Gasteiger charge is -2.12. The fraction of sp³-hybridized carbons (Fsp3) is 0.120. The van der Waals surface area contributed by atoms with Gasteiger partial charge in [0.05, 0.1) is 5.56 Å². The average Bonchev–Trinajstić information content (AvgIpc) is 2.79. The minimum Gasteiger partial charge on any atom is -0.358 e. The first-order valence-corrected chi connectivity index (χ1v) is 10.6. The number of rotatable bonds is 5. The third-order valence-corrected chi connectivity index (χ3v) is 5.38. The van der Waals surface area contributed by atoms with E-state index >= 15 is 0 Å². The molecule has 4 aromatic rings. The first kappa shape index (κ1) is 22.5. The molecule has 1 heterocycles. The molecule has 0 aliphatic carbocycles. The molecule has 0 aliphatic heterocycles. The van der Waals surface area contributed by atoms with E-state index in [1.165, 1.54) is 12.1 Å². The van der Waals surface area contributed by atoms with Crippen LogP contribution in [0.2, 0.25) is 0 Å². The molecule has 4 nitrogen and oxygen atoms in total. The van der Waals surface area contributed by atoms with Gasteiger partial charge >= 0.3 is 6.18 Å². The lowest BCUT2D eigenvalue weighted by Crippen LogP contribution is -2.27. The summed E-state index contributed by atoms with van der Waals surface area (Å²) in [6.07, 6.45) is -4.16. The van der Waals surface area contributed by atoms with Crippen molar-refractivity contribution in [2.45, 2.75) is 19.1 Å². The van der Waals surface area contributed by atoms with Gasteiger partial charge in [-0.3, -0.25) is 4.79 Å². The van der Waals surface area contributed by atoms with E-state index in [1.807, 2.05) is 54.6 Å². The minimum atomic E-state index is -4.61. The summed E-state index contributed by atoms with van der Waals surface area (Å²) in [5, 5.41) is 6.74. The van der Waals surface area contributed by atoms with Gasteiger partial charge in [0.2, 0.25) is 5.56 Å². The Morgan fingerprint density at radius 1 is 0.879 bits per heavy atom. The topological polar surface area (TPSA) is 56.9 Å². The Kier molecular flexibility index (Phi) is 6.46. The Morgan fingerprint density at radius 3 is 2.27 bits per heavy atom. The maximum atomic E-state index is 13.4. The molecule has 0 atom stereocenters. The number of thiocarbonyl (C=S) groups is 1. The largest absolute Gasteiger partial charge is 0.417 e. The number of pyridine rings is 1. The van der Waals surface area contributed by atoms with E-state index in [4.69, 9.17) is 12.2 Å². The Labute approximate surface area is 193 Å². The number of hydrogen-bond acceptors (Lipinski definition) is 2. The second-order valence-corrected chi connectivity index (χ2v) is 8.00. The van der Waals surface area contributed by atoms with Gasteiger partial charge in [-0.25, -0.2) is 0 Å². The number of H-pyrrole nitrogens is 1. The van der Waals surface area contributed by atoms with Gasteiger partial charge in [-0.15, -0.1) is 0 Å². The molecule has 0 radical (unpaired) electrons. The first-order chi connectivity index (χ1) is 15.8. The highest BCUT2D eigenvalue weighted by atomic mass is 32.1. The monoisotopic (exact) mass is 467 g/mol. The summed E-state index contributed by atoms with van der Waals surface area (Å²) in [5.74, 6) is 0. The maximum absolute atomic E-state index is 13.4. The van der Waals surface area contributed by atoms with Crippen LogP contribution in [0.4, 0.5) is 18.9 Å². The van der Waals surface area contributed by atoms with Crippen molar-refractivity contribution < 1.29 is 13.2 Å². The molecule has 0 unspecified atom stereocenters. The molecule has 0 amide bonds. The van der Waals surface area contributed by atoms with Crippen LogP contribution in [0.15, 0.2) is 83.7 Å². The highest BCUT2D eigenvalue weighted by Crippen LogP contribution is 2.33. The summed E-state index contributed by atoms with van der Waals surface area (Å²) in [4.78, 5) is 14.0. The predicted octanol–water partition coefficient (Wildman–Crippen LogP) is 5.62.